The minimum absolute atomic E-state index is 0.963. The van der Waals surface area contributed by atoms with Crippen molar-refractivity contribution in [2.45, 2.75) is 0 Å². The summed E-state index contributed by atoms with van der Waals surface area (Å²) in [6.45, 7) is -4.05. The molecule has 0 saturated heterocycles. The molecule has 0 aliphatic rings. The maximum atomic E-state index is 9.69. The Morgan fingerprint density at radius 2 is 2.43 bits per heavy atom. The second-order valence-corrected chi connectivity index (χ2v) is 3.00. The van der Waals surface area contributed by atoms with Crippen molar-refractivity contribution in [2.75, 3.05) is 0 Å². The summed E-state index contributed by atoms with van der Waals surface area (Å²) in [4.78, 5) is 7.89. The molecule has 7 heavy (non-hydrogen) atoms. The van der Waals surface area contributed by atoms with Crippen molar-refractivity contribution < 1.29 is 14.0 Å². The molecular weight excluding hydrogens is 140 g/mol. The van der Waals surface area contributed by atoms with Gasteiger partial charge in [-0.1, -0.05) is 0 Å². The molecule has 40 valence electrons. The van der Waals surface area contributed by atoms with Gasteiger partial charge in [0.1, 0.15) is 0 Å². The lowest BCUT2D eigenvalue weighted by Crippen LogP contribution is -1.67. The fourth-order valence-corrected chi connectivity index (χ4v) is 0.244. The summed E-state index contributed by atoms with van der Waals surface area (Å²) in [6, 6.07) is 0. The second-order valence-electron chi connectivity index (χ2n) is 0.634. The Bertz CT molecular complexity index is 132. The molecule has 0 amide bonds. The first kappa shape index (κ1) is 6.77. The van der Waals surface area contributed by atoms with Crippen molar-refractivity contribution >= 4 is 18.2 Å². The van der Waals surface area contributed by atoms with E-state index in [9.17, 15) is 4.57 Å². The Hall–Kier alpha value is -0.230. The van der Waals surface area contributed by atoms with E-state index < -0.39 is 6.95 Å². The third kappa shape index (κ3) is 5.77. The van der Waals surface area contributed by atoms with Gasteiger partial charge in [-0.05, 0) is 0 Å². The minimum Gasteiger partial charge on any atom is -0.338 e. The van der Waals surface area contributed by atoms with Crippen LogP contribution in [0.1, 0.15) is 0 Å². The first-order valence-corrected chi connectivity index (χ1v) is 3.64. The Morgan fingerprint density at radius 1 is 2.00 bits per heavy atom. The van der Waals surface area contributed by atoms with Crippen LogP contribution in [0.15, 0.2) is 0 Å². The van der Waals surface area contributed by atoms with E-state index >= 15 is 0 Å². The summed E-state index contributed by atoms with van der Waals surface area (Å²) in [7, 11) is 0. The standard InChI is InChI=1S/CHClNO3P/c2-7(4,5)6-1-3/h(H,4,5). The lowest BCUT2D eigenvalue weighted by molar-refractivity contribution is 0.380. The summed E-state index contributed by atoms with van der Waals surface area (Å²) in [5.41, 5.74) is 0. The SMILES string of the molecule is N#COP(=O)(O)Cl. The first-order valence-electron chi connectivity index (χ1n) is 1.16. The normalized spacial score (nSPS) is 16.7. The number of hydrogen-bond acceptors (Lipinski definition) is 3. The van der Waals surface area contributed by atoms with Crippen molar-refractivity contribution in [2.24, 2.45) is 0 Å². The van der Waals surface area contributed by atoms with Gasteiger partial charge in [0, 0.05) is 11.2 Å². The van der Waals surface area contributed by atoms with E-state index in [4.69, 9.17) is 10.2 Å². The molecule has 0 aliphatic carbocycles. The van der Waals surface area contributed by atoms with E-state index in [0.717, 1.165) is 6.26 Å². The van der Waals surface area contributed by atoms with E-state index in [1.54, 1.807) is 0 Å². The molecule has 6 heteroatoms. The molecule has 0 saturated carbocycles. The van der Waals surface area contributed by atoms with Gasteiger partial charge >= 0.3 is 6.95 Å². The zero-order valence-electron chi connectivity index (χ0n) is 3.04. The molecule has 0 radical (unpaired) electrons. The zero-order chi connectivity index (χ0) is 5.91. The molecule has 0 aliphatic heterocycles. The fourth-order valence-electron chi connectivity index (χ4n) is 0.0504. The number of nitrogens with zero attached hydrogens (tertiary/aromatic N) is 1. The Morgan fingerprint density at radius 3 is 2.43 bits per heavy atom. The average Bonchev–Trinajstić information content (AvgIpc) is 1.30. The predicted octanol–water partition coefficient (Wildman–Crippen LogP) is 0.823. The highest BCUT2D eigenvalue weighted by Crippen LogP contribution is 2.46. The third-order valence-electron chi connectivity index (χ3n) is 0.153. The molecule has 0 aromatic rings. The van der Waals surface area contributed by atoms with Gasteiger partial charge in [0.05, 0.1) is 0 Å². The van der Waals surface area contributed by atoms with Crippen LogP contribution < -0.4 is 0 Å². The van der Waals surface area contributed by atoms with Crippen molar-refractivity contribution in [1.82, 2.24) is 0 Å². The zero-order valence-corrected chi connectivity index (χ0v) is 4.69. The highest BCUT2D eigenvalue weighted by Gasteiger charge is 2.12. The summed E-state index contributed by atoms with van der Waals surface area (Å²) in [5.74, 6) is 0. The Balaban J connectivity index is 3.65. The largest absolute Gasteiger partial charge is 0.483 e. The van der Waals surface area contributed by atoms with Crippen LogP contribution in [-0.2, 0) is 9.09 Å². The van der Waals surface area contributed by atoms with Crippen LogP contribution >= 0.6 is 18.2 Å². The molecule has 0 fully saturated rings. The number of rotatable bonds is 1. The van der Waals surface area contributed by atoms with Gasteiger partial charge in [0.25, 0.3) is 6.26 Å². The van der Waals surface area contributed by atoms with Crippen LogP contribution in [0.3, 0.4) is 0 Å². The lowest BCUT2D eigenvalue weighted by atomic mass is 11.6. The van der Waals surface area contributed by atoms with Crippen molar-refractivity contribution in [3.05, 3.63) is 0 Å². The molecule has 0 aromatic carbocycles. The van der Waals surface area contributed by atoms with Crippen molar-refractivity contribution in [3.8, 4) is 6.26 Å². The maximum absolute atomic E-state index is 9.69. The molecule has 4 nitrogen and oxygen atoms in total. The molecule has 0 rings (SSSR count). The van der Waals surface area contributed by atoms with Gasteiger partial charge in [0.2, 0.25) is 0 Å². The monoisotopic (exact) mass is 141 g/mol. The molecule has 1 atom stereocenters. The van der Waals surface area contributed by atoms with Crippen LogP contribution in [0, 0.1) is 11.5 Å². The smallest absolute Gasteiger partial charge is 0.338 e. The quantitative estimate of drug-likeness (QED) is 0.434. The van der Waals surface area contributed by atoms with E-state index in [1.165, 1.54) is 0 Å². The van der Waals surface area contributed by atoms with E-state index in [0.29, 0.717) is 0 Å². The lowest BCUT2D eigenvalue weighted by Gasteiger charge is -1.90. The van der Waals surface area contributed by atoms with Gasteiger partial charge in [-0.25, -0.2) is 4.57 Å². The summed E-state index contributed by atoms with van der Waals surface area (Å²) < 4.78 is 13.1. The molecule has 0 heterocycles. The van der Waals surface area contributed by atoms with Crippen LogP contribution in [0.25, 0.3) is 0 Å². The molecule has 1 unspecified atom stereocenters. The van der Waals surface area contributed by atoms with E-state index in [2.05, 4.69) is 15.8 Å². The van der Waals surface area contributed by atoms with Gasteiger partial charge < -0.3 is 9.42 Å². The maximum Gasteiger partial charge on any atom is 0.483 e. The van der Waals surface area contributed by atoms with Crippen molar-refractivity contribution in [3.63, 3.8) is 0 Å². The third-order valence-corrected chi connectivity index (χ3v) is 0.667. The average molecular weight is 141 g/mol. The van der Waals surface area contributed by atoms with Gasteiger partial charge in [-0.3, -0.25) is 0 Å². The van der Waals surface area contributed by atoms with Gasteiger partial charge in [-0.15, -0.1) is 5.26 Å². The number of hydrogen-bond donors (Lipinski definition) is 1. The Kier molecular flexibility index (Phi) is 2.10. The van der Waals surface area contributed by atoms with E-state index in [-0.39, 0.29) is 0 Å². The highest BCUT2D eigenvalue weighted by atomic mass is 35.7. The van der Waals surface area contributed by atoms with Gasteiger partial charge in [-0.2, -0.15) is 0 Å². The van der Waals surface area contributed by atoms with Crippen molar-refractivity contribution in [1.29, 1.82) is 5.26 Å². The molecule has 0 spiro atoms. The van der Waals surface area contributed by atoms with E-state index in [1.807, 2.05) is 0 Å². The molecule has 1 N–H and O–H groups in total. The van der Waals surface area contributed by atoms with Crippen LogP contribution in [0.5, 0.6) is 0 Å². The fraction of sp³-hybridized carbons (Fsp3) is 0. The van der Waals surface area contributed by atoms with Gasteiger partial charge in [0.15, 0.2) is 0 Å². The second kappa shape index (κ2) is 2.17. The summed E-state index contributed by atoms with van der Waals surface area (Å²) in [5, 5.41) is 7.51. The van der Waals surface area contributed by atoms with Crippen LogP contribution in [0.4, 0.5) is 0 Å². The first-order chi connectivity index (χ1) is 3.06. The highest BCUT2D eigenvalue weighted by molar-refractivity contribution is 7.80. The molecule has 0 aromatic heterocycles. The van der Waals surface area contributed by atoms with Crippen LogP contribution in [-0.4, -0.2) is 4.89 Å². The Labute approximate surface area is 44.6 Å². The topological polar surface area (TPSA) is 70.3 Å². The molecule has 0 bridgehead atoms. The minimum atomic E-state index is -4.05. The number of nitriles is 1. The van der Waals surface area contributed by atoms with Crippen LogP contribution in [0.2, 0.25) is 0 Å². The molecular formula is CHClNO3P. The summed E-state index contributed by atoms with van der Waals surface area (Å²) >= 11 is 4.50. The number of halogens is 1. The predicted molar refractivity (Wildman–Crippen MR) is 22.4 cm³/mol. The summed E-state index contributed by atoms with van der Waals surface area (Å²) in [6.07, 6.45) is 0.963.